The molecule has 0 aliphatic heterocycles. The van der Waals surface area contributed by atoms with Crippen LogP contribution in [-0.4, -0.2) is 59.6 Å². The van der Waals surface area contributed by atoms with Gasteiger partial charge in [0.1, 0.15) is 12.1 Å². The zero-order valence-corrected chi connectivity index (χ0v) is 16.0. The summed E-state index contributed by atoms with van der Waals surface area (Å²) in [5, 5.41) is 21.6. The van der Waals surface area contributed by atoms with Gasteiger partial charge in [0.2, 0.25) is 5.84 Å². The third kappa shape index (κ3) is 9.87. The summed E-state index contributed by atoms with van der Waals surface area (Å²) in [6.45, 7) is 6.70. The van der Waals surface area contributed by atoms with Crippen molar-refractivity contribution < 1.29 is 24.0 Å². The van der Waals surface area contributed by atoms with Crippen LogP contribution in [0.4, 0.5) is 4.79 Å². The first-order valence-electron chi connectivity index (χ1n) is 8.25. The van der Waals surface area contributed by atoms with E-state index in [1.54, 1.807) is 27.7 Å². The van der Waals surface area contributed by atoms with E-state index in [0.717, 1.165) is 4.90 Å². The Bertz CT molecular complexity index is 594. The molecular formula is C15H28N6O6. The van der Waals surface area contributed by atoms with E-state index in [0.29, 0.717) is 0 Å². The van der Waals surface area contributed by atoms with Gasteiger partial charge in [0.15, 0.2) is 5.82 Å². The highest BCUT2D eigenvalue weighted by molar-refractivity contribution is 5.95. The molecule has 12 nitrogen and oxygen atoms in total. The molecule has 0 bridgehead atoms. The van der Waals surface area contributed by atoms with E-state index in [9.17, 15) is 19.7 Å². The van der Waals surface area contributed by atoms with E-state index in [-0.39, 0.29) is 26.1 Å². The van der Waals surface area contributed by atoms with E-state index >= 15 is 0 Å². The summed E-state index contributed by atoms with van der Waals surface area (Å²) in [6, 6.07) is 0. The number of amides is 1. The fraction of sp³-hybridized carbons (Fsp3) is 0.667. The van der Waals surface area contributed by atoms with Gasteiger partial charge in [-0.25, -0.2) is 4.79 Å². The highest BCUT2D eigenvalue weighted by atomic mass is 16.6. The number of carbonyl (C=O) groups is 2. The lowest BCUT2D eigenvalue weighted by atomic mass is 10.2. The molecule has 0 aromatic carbocycles. The monoisotopic (exact) mass is 388 g/mol. The number of nitrogens with two attached hydrogens (primary N) is 2. The maximum atomic E-state index is 11.7. The zero-order chi connectivity index (χ0) is 21.2. The van der Waals surface area contributed by atoms with Crippen molar-refractivity contribution in [3.05, 3.63) is 21.6 Å². The number of rotatable bonds is 9. The minimum Gasteiger partial charge on any atom is -0.465 e. The lowest BCUT2D eigenvalue weighted by molar-refractivity contribution is -0.417. The Morgan fingerprint density at radius 3 is 2.33 bits per heavy atom. The predicted molar refractivity (Wildman–Crippen MR) is 97.2 cm³/mol. The van der Waals surface area contributed by atoms with E-state index in [1.165, 1.54) is 0 Å². The maximum absolute atomic E-state index is 11.7. The maximum Gasteiger partial charge on any atom is 0.407 e. The van der Waals surface area contributed by atoms with E-state index in [2.05, 4.69) is 5.32 Å². The Balaban J connectivity index is 4.95. The van der Waals surface area contributed by atoms with Gasteiger partial charge < -0.3 is 31.2 Å². The van der Waals surface area contributed by atoms with Crippen molar-refractivity contribution in [1.82, 2.24) is 10.2 Å². The second kappa shape index (κ2) is 10.8. The number of esters is 1. The Labute approximate surface area is 157 Å². The highest BCUT2D eigenvalue weighted by Crippen LogP contribution is 2.08. The molecule has 0 radical (unpaired) electrons. The summed E-state index contributed by atoms with van der Waals surface area (Å²) >= 11 is 0. The van der Waals surface area contributed by atoms with Crippen LogP contribution in [0.15, 0.2) is 11.5 Å². The van der Waals surface area contributed by atoms with Crippen molar-refractivity contribution in [3.63, 3.8) is 0 Å². The van der Waals surface area contributed by atoms with Crippen LogP contribution in [0.3, 0.4) is 0 Å². The SMILES string of the molecule is CCOC(=O)CN(CCCNC(=O)OC(C)(C)C)C(=N)C(=C(N)N)[N+](=O)[O-]. The summed E-state index contributed by atoms with van der Waals surface area (Å²) in [5.41, 5.74) is 9.10. The molecule has 0 unspecified atom stereocenters. The van der Waals surface area contributed by atoms with Gasteiger partial charge in [-0.15, -0.1) is 0 Å². The summed E-state index contributed by atoms with van der Waals surface area (Å²) in [7, 11) is 0. The van der Waals surface area contributed by atoms with Crippen LogP contribution in [0, 0.1) is 15.5 Å². The Kier molecular flexibility index (Phi) is 9.61. The second-order valence-electron chi connectivity index (χ2n) is 6.42. The first-order valence-corrected chi connectivity index (χ1v) is 8.25. The number of alkyl carbamates (subject to hydrolysis) is 1. The lowest BCUT2D eigenvalue weighted by Gasteiger charge is -2.23. The molecule has 0 aliphatic rings. The Hall–Kier alpha value is -3.05. The van der Waals surface area contributed by atoms with Crippen LogP contribution in [0.25, 0.3) is 0 Å². The molecule has 0 atom stereocenters. The molecule has 0 saturated carbocycles. The van der Waals surface area contributed by atoms with Crippen molar-refractivity contribution in [3.8, 4) is 0 Å². The molecule has 0 rings (SSSR count). The molecule has 12 heteroatoms. The molecule has 0 saturated heterocycles. The number of ether oxygens (including phenoxy) is 2. The van der Waals surface area contributed by atoms with Crippen molar-refractivity contribution in [2.45, 2.75) is 39.7 Å². The molecule has 6 N–H and O–H groups in total. The average molecular weight is 388 g/mol. The number of nitro groups is 1. The van der Waals surface area contributed by atoms with Crippen molar-refractivity contribution >= 4 is 17.9 Å². The largest absolute Gasteiger partial charge is 0.465 e. The highest BCUT2D eigenvalue weighted by Gasteiger charge is 2.28. The molecule has 27 heavy (non-hydrogen) atoms. The topological polar surface area (TPSA) is 187 Å². The molecule has 0 heterocycles. The molecule has 0 fully saturated rings. The minimum absolute atomic E-state index is 0.0397. The molecule has 1 amide bonds. The van der Waals surface area contributed by atoms with E-state index < -0.39 is 46.5 Å². The third-order valence-corrected chi connectivity index (χ3v) is 2.89. The van der Waals surface area contributed by atoms with Gasteiger partial charge in [-0.3, -0.25) is 20.3 Å². The van der Waals surface area contributed by atoms with Gasteiger partial charge in [0.25, 0.3) is 0 Å². The second-order valence-corrected chi connectivity index (χ2v) is 6.42. The molecular weight excluding hydrogens is 360 g/mol. The average Bonchev–Trinajstić information content (AvgIpc) is 2.47. The standard InChI is InChI=1S/C15H28N6O6/c1-5-26-10(22)9-20(13(18)11(12(16)17)21(24)25)8-6-7-19-14(23)27-15(2,3)4/h18H,5-9,16-17H2,1-4H3,(H,19,23). The number of nitrogens with one attached hydrogen (secondary N) is 2. The van der Waals surface area contributed by atoms with Gasteiger partial charge >= 0.3 is 17.8 Å². The number of hydrogen-bond acceptors (Lipinski definition) is 9. The molecule has 0 spiro atoms. The quantitative estimate of drug-likeness (QED) is 0.106. The van der Waals surface area contributed by atoms with E-state index in [1.807, 2.05) is 0 Å². The minimum atomic E-state index is -0.894. The Morgan fingerprint density at radius 1 is 1.30 bits per heavy atom. The Morgan fingerprint density at radius 2 is 1.89 bits per heavy atom. The molecule has 0 aromatic heterocycles. The fourth-order valence-corrected chi connectivity index (χ4v) is 1.89. The van der Waals surface area contributed by atoms with Crippen LogP contribution in [-0.2, 0) is 14.3 Å². The van der Waals surface area contributed by atoms with Gasteiger partial charge in [-0.1, -0.05) is 0 Å². The normalized spacial score (nSPS) is 10.5. The smallest absolute Gasteiger partial charge is 0.407 e. The molecule has 154 valence electrons. The van der Waals surface area contributed by atoms with Crippen molar-refractivity contribution in [2.24, 2.45) is 11.5 Å². The van der Waals surface area contributed by atoms with Crippen LogP contribution < -0.4 is 16.8 Å². The molecule has 0 aliphatic carbocycles. The van der Waals surface area contributed by atoms with Gasteiger partial charge in [-0.05, 0) is 34.1 Å². The summed E-state index contributed by atoms with van der Waals surface area (Å²) in [5.74, 6) is -1.93. The summed E-state index contributed by atoms with van der Waals surface area (Å²) in [6.07, 6.45) is -0.345. The number of hydrogen-bond donors (Lipinski definition) is 4. The predicted octanol–water partition coefficient (Wildman–Crippen LogP) is 0.107. The first-order chi connectivity index (χ1) is 12.4. The first kappa shape index (κ1) is 23.9. The van der Waals surface area contributed by atoms with Crippen molar-refractivity contribution in [1.29, 1.82) is 5.41 Å². The van der Waals surface area contributed by atoms with Crippen LogP contribution in [0.1, 0.15) is 34.1 Å². The van der Waals surface area contributed by atoms with Gasteiger partial charge in [0.05, 0.1) is 11.5 Å². The van der Waals surface area contributed by atoms with E-state index in [4.69, 9.17) is 26.4 Å². The number of nitrogens with zero attached hydrogens (tertiary/aromatic N) is 2. The molecule has 0 aromatic rings. The number of amidine groups is 1. The van der Waals surface area contributed by atoms with Gasteiger partial charge in [0, 0.05) is 13.1 Å². The fourth-order valence-electron chi connectivity index (χ4n) is 1.89. The third-order valence-electron chi connectivity index (χ3n) is 2.89. The van der Waals surface area contributed by atoms with Crippen LogP contribution >= 0.6 is 0 Å². The van der Waals surface area contributed by atoms with Crippen LogP contribution in [0.2, 0.25) is 0 Å². The lowest BCUT2D eigenvalue weighted by Crippen LogP contribution is -2.42. The van der Waals surface area contributed by atoms with Crippen molar-refractivity contribution in [2.75, 3.05) is 26.2 Å². The summed E-state index contributed by atoms with van der Waals surface area (Å²) in [4.78, 5) is 34.6. The zero-order valence-electron chi connectivity index (χ0n) is 16.0. The van der Waals surface area contributed by atoms with Crippen LogP contribution in [0.5, 0.6) is 0 Å². The van der Waals surface area contributed by atoms with Gasteiger partial charge in [-0.2, -0.15) is 0 Å². The summed E-state index contributed by atoms with van der Waals surface area (Å²) < 4.78 is 9.89. The number of carbonyl (C=O) groups excluding carboxylic acids is 2.